The van der Waals surface area contributed by atoms with Gasteiger partial charge in [0.2, 0.25) is 0 Å². The lowest BCUT2D eigenvalue weighted by molar-refractivity contribution is -0.327. The number of hydrogen-bond acceptors (Lipinski definition) is 13. The maximum Gasteiger partial charge on any atom is 0.338 e. The van der Waals surface area contributed by atoms with Crippen LogP contribution in [0.3, 0.4) is 0 Å². The van der Waals surface area contributed by atoms with E-state index in [4.69, 9.17) is 48.2 Å². The van der Waals surface area contributed by atoms with Gasteiger partial charge in [0.15, 0.2) is 11.6 Å². The summed E-state index contributed by atoms with van der Waals surface area (Å²) in [5.41, 5.74) is 8.95. The Bertz CT molecular complexity index is 1670. The first-order valence-corrected chi connectivity index (χ1v) is 19.5. The summed E-state index contributed by atoms with van der Waals surface area (Å²) in [5.74, 6) is -2.04. The molecule has 0 N–H and O–H groups in total. The van der Waals surface area contributed by atoms with Crippen LogP contribution in [0, 0.1) is 5.41 Å². The third-order valence-electron chi connectivity index (χ3n) is 9.53. The normalized spacial score (nSPS) is 22.5. The van der Waals surface area contributed by atoms with E-state index >= 15 is 0 Å². The topological polar surface area (TPSA) is 183 Å². The number of benzene rings is 2. The predicted molar refractivity (Wildman–Crippen MR) is 209 cm³/mol. The van der Waals surface area contributed by atoms with Crippen molar-refractivity contribution in [1.82, 2.24) is 0 Å². The highest BCUT2D eigenvalue weighted by molar-refractivity contribution is 5.90. The molecule has 4 rings (SSSR count). The van der Waals surface area contributed by atoms with E-state index in [1.54, 1.807) is 83.5 Å². The minimum absolute atomic E-state index is 0.0678. The first-order valence-electron chi connectivity index (χ1n) is 19.5. The highest BCUT2D eigenvalue weighted by Gasteiger charge is 2.42. The van der Waals surface area contributed by atoms with Crippen molar-refractivity contribution in [2.75, 3.05) is 27.4 Å². The van der Waals surface area contributed by atoms with E-state index < -0.39 is 41.1 Å². The monoisotopic (exact) mass is 797 g/mol. The fraction of sp³-hybridized carbons (Fsp3) is 0.643. The molecule has 2 aromatic carbocycles. The molecule has 0 radical (unpaired) electrons. The number of esters is 3. The second kappa shape index (κ2) is 20.3. The van der Waals surface area contributed by atoms with E-state index in [9.17, 15) is 14.4 Å². The van der Waals surface area contributed by atoms with Gasteiger partial charge in [-0.15, -0.1) is 0 Å². The van der Waals surface area contributed by atoms with E-state index in [1.807, 2.05) is 27.7 Å². The van der Waals surface area contributed by atoms with Crippen molar-refractivity contribution in [2.24, 2.45) is 10.5 Å². The van der Waals surface area contributed by atoms with Gasteiger partial charge in [-0.25, -0.2) is 9.59 Å². The summed E-state index contributed by atoms with van der Waals surface area (Å²) in [7, 11) is 3.10. The third kappa shape index (κ3) is 14.8. The molecule has 2 aliphatic rings. The fourth-order valence-corrected chi connectivity index (χ4v) is 6.99. The predicted octanol–water partition coefficient (Wildman–Crippen LogP) is 8.13. The summed E-state index contributed by atoms with van der Waals surface area (Å²) in [4.78, 5) is 41.8. The Hall–Kier alpha value is -4.40. The van der Waals surface area contributed by atoms with Gasteiger partial charge >= 0.3 is 17.9 Å². The number of hydrogen-bond donors (Lipinski definition) is 0. The smallest absolute Gasteiger partial charge is 0.338 e. The van der Waals surface area contributed by atoms with Crippen LogP contribution in [0.15, 0.2) is 53.6 Å². The summed E-state index contributed by atoms with van der Waals surface area (Å²) in [6, 6.07) is 13.3. The molecule has 2 aromatic rings. The first-order chi connectivity index (χ1) is 26.9. The van der Waals surface area contributed by atoms with E-state index in [2.05, 4.69) is 10.0 Å². The van der Waals surface area contributed by atoms with Crippen LogP contribution >= 0.6 is 0 Å². The average molecular weight is 798 g/mol. The van der Waals surface area contributed by atoms with Gasteiger partial charge in [0.25, 0.3) is 0 Å². The van der Waals surface area contributed by atoms with Crippen molar-refractivity contribution in [3.8, 4) is 11.5 Å². The molecule has 0 aromatic heterocycles. The van der Waals surface area contributed by atoms with Crippen molar-refractivity contribution in [2.45, 2.75) is 142 Å². The molecule has 0 bridgehead atoms. The molecular formula is C42H59N3O12. The van der Waals surface area contributed by atoms with Crippen LogP contribution in [-0.4, -0.2) is 93.5 Å². The Morgan fingerprint density at radius 1 is 0.737 bits per heavy atom. The van der Waals surface area contributed by atoms with Crippen LogP contribution in [0.4, 0.5) is 0 Å². The van der Waals surface area contributed by atoms with Gasteiger partial charge in [0.1, 0.15) is 23.7 Å². The summed E-state index contributed by atoms with van der Waals surface area (Å²) in [6.07, 6.45) is 0.286. The number of rotatable bonds is 18. The number of azide groups is 1. The van der Waals surface area contributed by atoms with Crippen molar-refractivity contribution in [1.29, 1.82) is 0 Å². The van der Waals surface area contributed by atoms with E-state index in [0.29, 0.717) is 61.2 Å². The Morgan fingerprint density at radius 2 is 1.16 bits per heavy atom. The lowest BCUT2D eigenvalue weighted by Crippen LogP contribution is -2.50. The third-order valence-corrected chi connectivity index (χ3v) is 9.53. The Kier molecular flexibility index (Phi) is 16.2. The molecule has 57 heavy (non-hydrogen) atoms. The summed E-state index contributed by atoms with van der Waals surface area (Å²) in [5, 5.41) is 3.67. The fourth-order valence-electron chi connectivity index (χ4n) is 6.99. The molecule has 2 aliphatic heterocycles. The minimum atomic E-state index is -0.959. The van der Waals surface area contributed by atoms with Gasteiger partial charge in [-0.3, -0.25) is 4.79 Å². The highest BCUT2D eigenvalue weighted by Crippen LogP contribution is 2.37. The van der Waals surface area contributed by atoms with Crippen LogP contribution in [0.2, 0.25) is 0 Å². The molecular weight excluding hydrogens is 738 g/mol. The first kappa shape index (κ1) is 45.3. The zero-order valence-electron chi connectivity index (χ0n) is 34.7. The quantitative estimate of drug-likeness (QED) is 0.0465. The van der Waals surface area contributed by atoms with Crippen LogP contribution in [0.5, 0.6) is 11.5 Å². The zero-order valence-corrected chi connectivity index (χ0v) is 34.7. The van der Waals surface area contributed by atoms with Gasteiger partial charge in [-0.2, -0.15) is 0 Å². The molecule has 314 valence electrons. The number of methoxy groups -OCH3 is 2. The van der Waals surface area contributed by atoms with Crippen molar-refractivity contribution in [3.63, 3.8) is 0 Å². The summed E-state index contributed by atoms with van der Waals surface area (Å²) >= 11 is 0. The highest BCUT2D eigenvalue weighted by atomic mass is 16.7. The SMILES string of the molecule is COc1ccc(C(=O)O[C@H](CCN=[N+]=[N-])C[C@H]2C[C@@H](C[C@H]3C[C@@H](C[C@H](CCOC(=O)C(C)(C)C)OC(=O)c4ccc(OC)cc4)OC(C)(C)O3)OC(C)(C)O2)cc1. The lowest BCUT2D eigenvalue weighted by Gasteiger charge is -2.45. The maximum atomic E-state index is 13.3. The Morgan fingerprint density at radius 3 is 1.56 bits per heavy atom. The lowest BCUT2D eigenvalue weighted by atomic mass is 9.93. The molecule has 2 fully saturated rings. The molecule has 15 nitrogen and oxygen atoms in total. The number of nitrogens with zero attached hydrogens (tertiary/aromatic N) is 3. The van der Waals surface area contributed by atoms with Gasteiger partial charge in [0.05, 0.1) is 61.8 Å². The van der Waals surface area contributed by atoms with Gasteiger partial charge in [-0.1, -0.05) is 5.11 Å². The van der Waals surface area contributed by atoms with E-state index in [-0.39, 0.29) is 50.0 Å². The number of ether oxygens (including phenoxy) is 9. The van der Waals surface area contributed by atoms with Gasteiger partial charge in [0, 0.05) is 50.0 Å². The van der Waals surface area contributed by atoms with Crippen LogP contribution in [0.1, 0.15) is 114 Å². The number of carbonyl (C=O) groups is 3. The van der Waals surface area contributed by atoms with Crippen molar-refractivity contribution < 1.29 is 57.0 Å². The maximum absolute atomic E-state index is 13.3. The second-order valence-corrected chi connectivity index (χ2v) is 16.4. The van der Waals surface area contributed by atoms with Crippen LogP contribution < -0.4 is 9.47 Å². The molecule has 15 heteroatoms. The molecule has 2 heterocycles. The second-order valence-electron chi connectivity index (χ2n) is 16.4. The zero-order chi connectivity index (χ0) is 41.8. The number of carbonyl (C=O) groups excluding carboxylic acids is 3. The summed E-state index contributed by atoms with van der Waals surface area (Å²) < 4.78 is 53.4. The molecule has 0 saturated carbocycles. The van der Waals surface area contributed by atoms with E-state index in [0.717, 1.165) is 0 Å². The Balaban J connectivity index is 1.44. The minimum Gasteiger partial charge on any atom is -0.497 e. The van der Waals surface area contributed by atoms with Crippen molar-refractivity contribution in [3.05, 3.63) is 70.1 Å². The standard InChI is InChI=1S/C42H59N3O12/c1-40(2,3)39(48)51-21-19-32(53-38(47)28-12-16-30(50-9)17-13-28)23-34-25-36(57-42(6,7)55-34)26-35-24-33(54-41(4,5)56-35)22-31(18-20-44-45-43)52-37(46)27-10-14-29(49-8)15-11-27/h10-17,31-36H,18-26H2,1-9H3/t31-,32+,33+,34-,35+,36-/m1/s1. The molecule has 6 atom stereocenters. The van der Waals surface area contributed by atoms with Crippen LogP contribution in [0.25, 0.3) is 10.4 Å². The van der Waals surface area contributed by atoms with Crippen LogP contribution in [-0.2, 0) is 38.0 Å². The summed E-state index contributed by atoms with van der Waals surface area (Å²) in [6.45, 7) is 12.9. The van der Waals surface area contributed by atoms with Crippen molar-refractivity contribution >= 4 is 17.9 Å². The molecule has 0 spiro atoms. The van der Waals surface area contributed by atoms with Gasteiger partial charge in [-0.05, 0) is 109 Å². The Labute approximate surface area is 335 Å². The molecule has 0 unspecified atom stereocenters. The van der Waals surface area contributed by atoms with E-state index in [1.165, 1.54) is 0 Å². The average Bonchev–Trinajstić information content (AvgIpc) is 3.13. The molecule has 0 aliphatic carbocycles. The molecule has 2 saturated heterocycles. The largest absolute Gasteiger partial charge is 0.497 e. The molecule has 0 amide bonds. The van der Waals surface area contributed by atoms with Gasteiger partial charge < -0.3 is 42.6 Å².